The van der Waals surface area contributed by atoms with Crippen molar-refractivity contribution in [3.05, 3.63) is 35.6 Å². The van der Waals surface area contributed by atoms with Gasteiger partial charge >= 0.3 is 5.97 Å². The lowest BCUT2D eigenvalue weighted by Crippen LogP contribution is -2.32. The second-order valence-electron chi connectivity index (χ2n) is 5.43. The van der Waals surface area contributed by atoms with Crippen LogP contribution in [0.1, 0.15) is 45.1 Å². The van der Waals surface area contributed by atoms with Gasteiger partial charge in [-0.15, -0.1) is 0 Å². The van der Waals surface area contributed by atoms with Crippen molar-refractivity contribution in [2.75, 3.05) is 0 Å². The molecule has 0 saturated heterocycles. The average molecular weight is 281 g/mol. The molecule has 0 saturated carbocycles. The fraction of sp³-hybridized carbons (Fsp3) is 0.562. The number of carboxylic acid groups (broad SMARTS) is 1. The Morgan fingerprint density at radius 2 is 2.00 bits per heavy atom. The molecule has 0 aromatic heterocycles. The molecule has 0 bridgehead atoms. The topological polar surface area (TPSA) is 49.3 Å². The third-order valence-corrected chi connectivity index (χ3v) is 3.40. The summed E-state index contributed by atoms with van der Waals surface area (Å²) in [4.78, 5) is 10.9. The lowest BCUT2D eigenvalue weighted by atomic mass is 9.95. The summed E-state index contributed by atoms with van der Waals surface area (Å²) in [6, 6.07) is 6.23. The van der Waals surface area contributed by atoms with E-state index in [0.717, 1.165) is 24.8 Å². The molecule has 3 nitrogen and oxygen atoms in total. The monoisotopic (exact) mass is 281 g/mol. The summed E-state index contributed by atoms with van der Waals surface area (Å²) < 4.78 is 12.8. The van der Waals surface area contributed by atoms with Crippen LogP contribution in [0.5, 0.6) is 0 Å². The zero-order valence-electron chi connectivity index (χ0n) is 12.2. The molecule has 0 aliphatic carbocycles. The van der Waals surface area contributed by atoms with Gasteiger partial charge in [0.15, 0.2) is 0 Å². The highest BCUT2D eigenvalue weighted by Crippen LogP contribution is 2.15. The number of nitrogens with one attached hydrogen (secondary N) is 1. The van der Waals surface area contributed by atoms with Crippen molar-refractivity contribution < 1.29 is 14.3 Å². The Balaban J connectivity index is 2.51. The van der Waals surface area contributed by atoms with E-state index < -0.39 is 5.97 Å². The number of rotatable bonds is 9. The summed E-state index contributed by atoms with van der Waals surface area (Å²) in [7, 11) is 0. The Kier molecular flexibility index (Phi) is 7.23. The second-order valence-corrected chi connectivity index (χ2v) is 5.43. The largest absolute Gasteiger partial charge is 0.481 e. The van der Waals surface area contributed by atoms with Gasteiger partial charge in [-0.3, -0.25) is 4.79 Å². The maximum Gasteiger partial charge on any atom is 0.304 e. The Morgan fingerprint density at radius 3 is 2.55 bits per heavy atom. The first kappa shape index (κ1) is 16.6. The number of halogens is 1. The molecule has 0 amide bonds. The Hall–Kier alpha value is -1.42. The van der Waals surface area contributed by atoms with E-state index in [9.17, 15) is 9.18 Å². The molecule has 20 heavy (non-hydrogen) atoms. The van der Waals surface area contributed by atoms with Crippen molar-refractivity contribution in [3.8, 4) is 0 Å². The SMILES string of the molecule is CCCC(C)CC(CC(=O)O)NCc1ccc(F)cc1. The molecule has 2 unspecified atom stereocenters. The van der Waals surface area contributed by atoms with Crippen LogP contribution in [0.2, 0.25) is 0 Å². The van der Waals surface area contributed by atoms with E-state index in [1.165, 1.54) is 12.1 Å². The summed E-state index contributed by atoms with van der Waals surface area (Å²) in [5.74, 6) is -0.539. The highest BCUT2D eigenvalue weighted by Gasteiger charge is 2.16. The molecular formula is C16H24FNO2. The van der Waals surface area contributed by atoms with Gasteiger partial charge in [-0.25, -0.2) is 4.39 Å². The normalized spacial score (nSPS) is 13.9. The van der Waals surface area contributed by atoms with Gasteiger partial charge in [0.1, 0.15) is 5.82 Å². The van der Waals surface area contributed by atoms with Crippen LogP contribution >= 0.6 is 0 Å². The molecular weight excluding hydrogens is 257 g/mol. The summed E-state index contributed by atoms with van der Waals surface area (Å²) in [6.07, 6.45) is 3.18. The van der Waals surface area contributed by atoms with Crippen molar-refractivity contribution in [1.82, 2.24) is 5.32 Å². The molecule has 0 aliphatic rings. The van der Waals surface area contributed by atoms with Crippen LogP contribution in [0.4, 0.5) is 4.39 Å². The first-order chi connectivity index (χ1) is 9.51. The van der Waals surface area contributed by atoms with Crippen LogP contribution < -0.4 is 5.32 Å². The van der Waals surface area contributed by atoms with Gasteiger partial charge in [-0.1, -0.05) is 38.8 Å². The van der Waals surface area contributed by atoms with Gasteiger partial charge in [0.25, 0.3) is 0 Å². The molecule has 2 atom stereocenters. The van der Waals surface area contributed by atoms with Crippen molar-refractivity contribution in [2.45, 2.75) is 52.1 Å². The molecule has 1 rings (SSSR count). The molecule has 1 aromatic rings. The van der Waals surface area contributed by atoms with Crippen molar-refractivity contribution in [3.63, 3.8) is 0 Å². The van der Waals surface area contributed by atoms with Crippen LogP contribution in [-0.4, -0.2) is 17.1 Å². The minimum absolute atomic E-state index is 0.0425. The number of hydrogen-bond donors (Lipinski definition) is 2. The lowest BCUT2D eigenvalue weighted by molar-refractivity contribution is -0.137. The maximum atomic E-state index is 12.8. The zero-order chi connectivity index (χ0) is 15.0. The fourth-order valence-corrected chi connectivity index (χ4v) is 2.41. The second kappa shape index (κ2) is 8.69. The van der Waals surface area contributed by atoms with E-state index in [2.05, 4.69) is 19.2 Å². The molecule has 0 aliphatic heterocycles. The van der Waals surface area contributed by atoms with Crippen LogP contribution in [0, 0.1) is 11.7 Å². The molecule has 112 valence electrons. The summed E-state index contributed by atoms with van der Waals surface area (Å²) >= 11 is 0. The highest BCUT2D eigenvalue weighted by molar-refractivity contribution is 5.67. The smallest absolute Gasteiger partial charge is 0.304 e. The van der Waals surface area contributed by atoms with E-state index >= 15 is 0 Å². The number of hydrogen-bond acceptors (Lipinski definition) is 2. The predicted octanol–water partition coefficient (Wildman–Crippen LogP) is 3.58. The van der Waals surface area contributed by atoms with Crippen LogP contribution in [0.25, 0.3) is 0 Å². The van der Waals surface area contributed by atoms with E-state index in [1.54, 1.807) is 12.1 Å². The number of aliphatic carboxylic acids is 1. The third kappa shape index (κ3) is 6.66. The van der Waals surface area contributed by atoms with E-state index in [-0.39, 0.29) is 18.3 Å². The minimum atomic E-state index is -0.787. The number of benzene rings is 1. The van der Waals surface area contributed by atoms with E-state index in [1.807, 2.05) is 0 Å². The van der Waals surface area contributed by atoms with Crippen molar-refractivity contribution in [2.24, 2.45) is 5.92 Å². The van der Waals surface area contributed by atoms with Crippen LogP contribution in [0.15, 0.2) is 24.3 Å². The average Bonchev–Trinajstić information content (AvgIpc) is 2.37. The third-order valence-electron chi connectivity index (χ3n) is 3.40. The van der Waals surface area contributed by atoms with Gasteiger partial charge in [0.05, 0.1) is 6.42 Å². The maximum absolute atomic E-state index is 12.8. The van der Waals surface area contributed by atoms with Crippen molar-refractivity contribution in [1.29, 1.82) is 0 Å². The van der Waals surface area contributed by atoms with Crippen LogP contribution in [0.3, 0.4) is 0 Å². The van der Waals surface area contributed by atoms with Crippen LogP contribution in [-0.2, 0) is 11.3 Å². The standard InChI is InChI=1S/C16H24FNO2/c1-3-4-12(2)9-15(10-16(19)20)18-11-13-5-7-14(17)8-6-13/h5-8,12,15,18H,3-4,9-11H2,1-2H3,(H,19,20). The van der Waals surface area contributed by atoms with Gasteiger partial charge < -0.3 is 10.4 Å². The Labute approximate surface area is 120 Å². The fourth-order valence-electron chi connectivity index (χ4n) is 2.41. The molecule has 0 radical (unpaired) electrons. The molecule has 0 heterocycles. The molecule has 4 heteroatoms. The Morgan fingerprint density at radius 1 is 1.35 bits per heavy atom. The summed E-state index contributed by atoms with van der Waals surface area (Å²) in [5, 5.41) is 12.2. The zero-order valence-corrected chi connectivity index (χ0v) is 12.2. The summed E-state index contributed by atoms with van der Waals surface area (Å²) in [6.45, 7) is 4.85. The Bertz CT molecular complexity index is 405. The molecule has 2 N–H and O–H groups in total. The van der Waals surface area contributed by atoms with E-state index in [0.29, 0.717) is 12.5 Å². The van der Waals surface area contributed by atoms with Gasteiger partial charge in [-0.05, 0) is 30.0 Å². The lowest BCUT2D eigenvalue weighted by Gasteiger charge is -2.21. The predicted molar refractivity (Wildman–Crippen MR) is 78.0 cm³/mol. The number of carboxylic acids is 1. The molecule has 0 spiro atoms. The molecule has 0 fully saturated rings. The highest BCUT2D eigenvalue weighted by atomic mass is 19.1. The first-order valence-electron chi connectivity index (χ1n) is 7.20. The first-order valence-corrected chi connectivity index (χ1v) is 7.20. The number of carbonyl (C=O) groups is 1. The van der Waals surface area contributed by atoms with Crippen molar-refractivity contribution >= 4 is 5.97 Å². The van der Waals surface area contributed by atoms with Gasteiger partial charge in [-0.2, -0.15) is 0 Å². The van der Waals surface area contributed by atoms with Gasteiger partial charge in [0, 0.05) is 12.6 Å². The quantitative estimate of drug-likeness (QED) is 0.727. The molecule has 1 aromatic carbocycles. The van der Waals surface area contributed by atoms with E-state index in [4.69, 9.17) is 5.11 Å². The summed E-state index contributed by atoms with van der Waals surface area (Å²) in [5.41, 5.74) is 0.963. The minimum Gasteiger partial charge on any atom is -0.481 e. The van der Waals surface area contributed by atoms with Gasteiger partial charge in [0.2, 0.25) is 0 Å².